The number of hydrogen-bond donors (Lipinski definition) is 2. The number of hydrogen-bond acceptors (Lipinski definition) is 2. The number of anilines is 1. The number of benzene rings is 3. The van der Waals surface area contributed by atoms with Crippen LogP contribution >= 0.6 is 0 Å². The molecule has 3 heteroatoms. The molecule has 1 heterocycles. The van der Waals surface area contributed by atoms with Gasteiger partial charge in [-0.05, 0) is 35.7 Å². The number of nitrogens with zero attached hydrogens (tertiary/aromatic N) is 1. The number of aliphatic imine (C=N–C) groups is 1. The quantitative estimate of drug-likeness (QED) is 0.385. The zero-order valence-electron chi connectivity index (χ0n) is 15.9. The highest BCUT2D eigenvalue weighted by Crippen LogP contribution is 2.18. The van der Waals surface area contributed by atoms with Gasteiger partial charge in [0.25, 0.3) is 0 Å². The van der Waals surface area contributed by atoms with E-state index in [2.05, 4.69) is 95.4 Å². The second-order valence-corrected chi connectivity index (χ2v) is 6.85. The number of nitrogens with one attached hydrogen (secondary N) is 2. The van der Waals surface area contributed by atoms with Crippen LogP contribution in [0.15, 0.2) is 96.1 Å². The highest BCUT2D eigenvalue weighted by atomic mass is 14.9. The molecule has 2 N–H and O–H groups in total. The van der Waals surface area contributed by atoms with Crippen molar-refractivity contribution in [2.45, 2.75) is 12.8 Å². The van der Waals surface area contributed by atoms with Crippen LogP contribution in [0.5, 0.6) is 0 Å². The van der Waals surface area contributed by atoms with E-state index in [1.54, 1.807) is 0 Å². The molecule has 0 amide bonds. The molecule has 3 nitrogen and oxygen atoms in total. The van der Waals surface area contributed by atoms with Crippen molar-refractivity contribution in [1.29, 1.82) is 0 Å². The molecule has 28 heavy (non-hydrogen) atoms. The van der Waals surface area contributed by atoms with Crippen molar-refractivity contribution in [3.8, 4) is 0 Å². The molecule has 0 saturated carbocycles. The summed E-state index contributed by atoms with van der Waals surface area (Å²) in [7, 11) is 0. The summed E-state index contributed by atoms with van der Waals surface area (Å²) in [5, 5.41) is 4.78. The first-order valence-electron chi connectivity index (χ1n) is 9.83. The van der Waals surface area contributed by atoms with Crippen LogP contribution in [0.2, 0.25) is 0 Å². The van der Waals surface area contributed by atoms with Crippen LogP contribution in [0.1, 0.15) is 17.5 Å². The van der Waals surface area contributed by atoms with Crippen molar-refractivity contribution in [3.63, 3.8) is 0 Å². The molecule has 0 saturated heterocycles. The lowest BCUT2D eigenvalue weighted by molar-refractivity contribution is 0.961. The molecule has 0 fully saturated rings. The lowest BCUT2D eigenvalue weighted by atomic mass is 10.1. The average molecular weight is 367 g/mol. The predicted molar refractivity (Wildman–Crippen MR) is 119 cm³/mol. The summed E-state index contributed by atoms with van der Waals surface area (Å²) in [6.07, 6.45) is 3.94. The molecule has 0 aliphatic rings. The summed E-state index contributed by atoms with van der Waals surface area (Å²) in [5.41, 5.74) is 6.03. The highest BCUT2D eigenvalue weighted by Gasteiger charge is 2.05. The van der Waals surface area contributed by atoms with Gasteiger partial charge in [0.05, 0.1) is 0 Å². The number of fused-ring (bicyclic) bond motifs is 1. The fourth-order valence-corrected chi connectivity index (χ4v) is 3.48. The molecule has 140 valence electrons. The van der Waals surface area contributed by atoms with Gasteiger partial charge in [0.15, 0.2) is 0 Å². The van der Waals surface area contributed by atoms with E-state index in [4.69, 9.17) is 4.99 Å². The summed E-state index contributed by atoms with van der Waals surface area (Å²) >= 11 is 0. The molecule has 0 spiro atoms. The zero-order valence-corrected chi connectivity index (χ0v) is 15.9. The standard InChI is InChI=1S/C25H25N3/c1-3-9-20(10-4-1)24(16-18-26-22-11-5-2-6-12-22)27-17-15-21-19-28-25-14-8-7-13-23(21)25/h1-14,19,26,28H,15-18H2. The van der Waals surface area contributed by atoms with Crippen molar-refractivity contribution in [2.24, 2.45) is 4.99 Å². The van der Waals surface area contributed by atoms with Gasteiger partial charge < -0.3 is 10.3 Å². The van der Waals surface area contributed by atoms with Gasteiger partial charge >= 0.3 is 0 Å². The van der Waals surface area contributed by atoms with Crippen molar-refractivity contribution >= 4 is 22.3 Å². The first kappa shape index (κ1) is 18.1. The Labute approximate surface area is 166 Å². The number of para-hydroxylation sites is 2. The van der Waals surface area contributed by atoms with Crippen molar-refractivity contribution < 1.29 is 0 Å². The molecule has 3 aromatic carbocycles. The Morgan fingerprint density at radius 2 is 1.54 bits per heavy atom. The number of aromatic nitrogens is 1. The van der Waals surface area contributed by atoms with Crippen molar-refractivity contribution in [1.82, 2.24) is 4.98 Å². The first-order chi connectivity index (χ1) is 13.9. The third kappa shape index (κ3) is 4.49. The normalized spacial score (nSPS) is 11.6. The molecule has 1 aromatic heterocycles. The van der Waals surface area contributed by atoms with Gasteiger partial charge in [0, 0.05) is 48.0 Å². The van der Waals surface area contributed by atoms with E-state index in [-0.39, 0.29) is 0 Å². The number of aromatic amines is 1. The Kier molecular flexibility index (Phi) is 5.83. The molecule has 0 bridgehead atoms. The summed E-state index contributed by atoms with van der Waals surface area (Å²) in [5.74, 6) is 0. The third-order valence-corrected chi connectivity index (χ3v) is 4.93. The van der Waals surface area contributed by atoms with Crippen LogP contribution in [0.4, 0.5) is 5.69 Å². The Balaban J connectivity index is 1.44. The Bertz CT molecular complexity index is 1030. The summed E-state index contributed by atoms with van der Waals surface area (Å²) < 4.78 is 0. The minimum atomic E-state index is 0.789. The Morgan fingerprint density at radius 3 is 2.36 bits per heavy atom. The lowest BCUT2D eigenvalue weighted by Gasteiger charge is -2.10. The fourth-order valence-electron chi connectivity index (χ4n) is 3.48. The van der Waals surface area contributed by atoms with E-state index in [1.165, 1.54) is 22.0 Å². The van der Waals surface area contributed by atoms with Crippen LogP contribution in [0.25, 0.3) is 10.9 Å². The molecule has 4 rings (SSSR count). The molecule has 0 aliphatic carbocycles. The van der Waals surface area contributed by atoms with E-state index in [1.807, 2.05) is 6.07 Å². The summed E-state index contributed by atoms with van der Waals surface area (Å²) in [6.45, 7) is 1.65. The van der Waals surface area contributed by atoms with Crippen LogP contribution in [0, 0.1) is 0 Å². The maximum Gasteiger partial charge on any atom is 0.0456 e. The smallest absolute Gasteiger partial charge is 0.0456 e. The molecule has 4 aromatic rings. The first-order valence-corrected chi connectivity index (χ1v) is 9.83. The monoisotopic (exact) mass is 367 g/mol. The van der Waals surface area contributed by atoms with E-state index in [0.717, 1.165) is 37.3 Å². The largest absolute Gasteiger partial charge is 0.385 e. The maximum absolute atomic E-state index is 4.97. The van der Waals surface area contributed by atoms with Gasteiger partial charge in [-0.15, -0.1) is 0 Å². The van der Waals surface area contributed by atoms with Crippen LogP contribution in [-0.4, -0.2) is 23.8 Å². The van der Waals surface area contributed by atoms with Gasteiger partial charge in [0.2, 0.25) is 0 Å². The van der Waals surface area contributed by atoms with E-state index in [0.29, 0.717) is 0 Å². The van der Waals surface area contributed by atoms with Gasteiger partial charge in [0.1, 0.15) is 0 Å². The summed E-state index contributed by atoms with van der Waals surface area (Å²) in [4.78, 5) is 8.32. The number of H-pyrrole nitrogens is 1. The van der Waals surface area contributed by atoms with Gasteiger partial charge in [-0.2, -0.15) is 0 Å². The Hall–Kier alpha value is -3.33. The predicted octanol–water partition coefficient (Wildman–Crippen LogP) is 5.70. The van der Waals surface area contributed by atoms with Gasteiger partial charge in [-0.25, -0.2) is 0 Å². The van der Waals surface area contributed by atoms with Crippen molar-refractivity contribution in [3.05, 3.63) is 102 Å². The van der Waals surface area contributed by atoms with Crippen LogP contribution in [-0.2, 0) is 6.42 Å². The van der Waals surface area contributed by atoms with E-state index >= 15 is 0 Å². The van der Waals surface area contributed by atoms with Gasteiger partial charge in [-0.1, -0.05) is 66.7 Å². The molecule has 0 radical (unpaired) electrons. The molecule has 0 aliphatic heterocycles. The van der Waals surface area contributed by atoms with E-state index in [9.17, 15) is 0 Å². The molecule has 0 unspecified atom stereocenters. The lowest BCUT2D eigenvalue weighted by Crippen LogP contribution is -2.11. The maximum atomic E-state index is 4.97. The summed E-state index contributed by atoms with van der Waals surface area (Å²) in [6, 6.07) is 29.3. The minimum absolute atomic E-state index is 0.789. The number of rotatable bonds is 8. The van der Waals surface area contributed by atoms with E-state index < -0.39 is 0 Å². The zero-order chi connectivity index (χ0) is 19.0. The second-order valence-electron chi connectivity index (χ2n) is 6.85. The molecule has 0 atom stereocenters. The Morgan fingerprint density at radius 1 is 0.821 bits per heavy atom. The van der Waals surface area contributed by atoms with Gasteiger partial charge in [-0.3, -0.25) is 4.99 Å². The third-order valence-electron chi connectivity index (χ3n) is 4.93. The highest BCUT2D eigenvalue weighted by molar-refractivity contribution is 6.00. The van der Waals surface area contributed by atoms with Crippen LogP contribution < -0.4 is 5.32 Å². The van der Waals surface area contributed by atoms with Crippen LogP contribution in [0.3, 0.4) is 0 Å². The SMILES string of the molecule is c1ccc(NCCC(=NCCc2c[nH]c3ccccc23)c2ccccc2)cc1. The minimum Gasteiger partial charge on any atom is -0.385 e. The second kappa shape index (κ2) is 9.05. The molecular formula is C25H25N3. The average Bonchev–Trinajstić information content (AvgIpc) is 3.17. The molecular weight excluding hydrogens is 342 g/mol. The van der Waals surface area contributed by atoms with Crippen molar-refractivity contribution in [2.75, 3.05) is 18.4 Å². The topological polar surface area (TPSA) is 40.2 Å². The fraction of sp³-hybridized carbons (Fsp3) is 0.160.